The molecule has 2 saturated carbocycles. The first-order chi connectivity index (χ1) is 17.7. The van der Waals surface area contributed by atoms with Gasteiger partial charge in [-0.1, -0.05) is 68.9 Å². The van der Waals surface area contributed by atoms with Gasteiger partial charge < -0.3 is 4.74 Å². The third-order valence-corrected chi connectivity index (χ3v) is 8.35. The molecule has 1 amide bonds. The average molecular weight is 500 g/mol. The van der Waals surface area contributed by atoms with Gasteiger partial charge in [0.15, 0.2) is 5.17 Å². The first kappa shape index (κ1) is 24.6. The maximum Gasteiger partial charge on any atom is 0.266 e. The quantitative estimate of drug-likeness (QED) is 0.399. The Balaban J connectivity index is 1.31. The van der Waals surface area contributed by atoms with Crippen molar-refractivity contribution in [1.82, 2.24) is 4.90 Å². The van der Waals surface area contributed by atoms with Crippen molar-refractivity contribution in [2.45, 2.75) is 82.9 Å². The number of rotatable bonds is 6. The van der Waals surface area contributed by atoms with E-state index in [1.165, 1.54) is 38.5 Å². The molecule has 2 aliphatic carbocycles. The van der Waals surface area contributed by atoms with Gasteiger partial charge in [0.25, 0.3) is 5.91 Å². The average Bonchev–Trinajstić information content (AvgIpc) is 3.23. The third kappa shape index (κ3) is 5.84. The Morgan fingerprint density at radius 3 is 2.39 bits per heavy atom. The first-order valence-corrected chi connectivity index (χ1v) is 14.0. The molecule has 0 atom stereocenters. The summed E-state index contributed by atoms with van der Waals surface area (Å²) >= 11 is 1.55. The number of aliphatic imine (C=N–C) groups is 1. The van der Waals surface area contributed by atoms with Crippen LogP contribution in [-0.2, 0) is 11.4 Å². The molecule has 0 unspecified atom stereocenters. The van der Waals surface area contributed by atoms with E-state index in [1.807, 2.05) is 53.4 Å². The van der Waals surface area contributed by atoms with E-state index in [2.05, 4.69) is 6.07 Å². The predicted octanol–water partition coefficient (Wildman–Crippen LogP) is 7.07. The van der Waals surface area contributed by atoms with E-state index in [0.717, 1.165) is 52.6 Å². The number of carbonyl (C=O) groups is 1. The summed E-state index contributed by atoms with van der Waals surface area (Å²) in [6.07, 6.45) is 13.8. The molecule has 0 aromatic heterocycles. The van der Waals surface area contributed by atoms with Gasteiger partial charge in [0.1, 0.15) is 12.4 Å². The van der Waals surface area contributed by atoms with Crippen LogP contribution in [0.4, 0.5) is 0 Å². The van der Waals surface area contributed by atoms with Gasteiger partial charge in [-0.15, -0.1) is 0 Å². The summed E-state index contributed by atoms with van der Waals surface area (Å²) in [5.41, 5.74) is 2.47. The molecule has 5 rings (SSSR count). The standard InChI is InChI=1S/C30H33N3O2S/c31-20-23-9-7-8-10-24(23)21-35-27-17-15-22(16-18-27)19-28-29(34)33(26-13-5-2-6-14-26)30(36-28)32-25-11-3-1-4-12-25/h7-10,15-19,25-26H,1-6,11-14,21H2. The zero-order valence-electron chi connectivity index (χ0n) is 20.7. The number of carbonyl (C=O) groups excluding carboxylic acids is 1. The second kappa shape index (κ2) is 11.8. The summed E-state index contributed by atoms with van der Waals surface area (Å²) in [4.78, 5) is 21.4. The largest absolute Gasteiger partial charge is 0.489 e. The molecule has 3 fully saturated rings. The summed E-state index contributed by atoms with van der Waals surface area (Å²) in [5, 5.41) is 10.2. The van der Waals surface area contributed by atoms with Crippen LogP contribution in [0.2, 0.25) is 0 Å². The summed E-state index contributed by atoms with van der Waals surface area (Å²) in [7, 11) is 0. The van der Waals surface area contributed by atoms with Gasteiger partial charge in [-0.05, 0) is 67.3 Å². The van der Waals surface area contributed by atoms with E-state index in [0.29, 0.717) is 18.2 Å². The molecule has 1 saturated heterocycles. The van der Waals surface area contributed by atoms with Gasteiger partial charge in [-0.3, -0.25) is 14.7 Å². The van der Waals surface area contributed by atoms with Crippen LogP contribution in [0.3, 0.4) is 0 Å². The van der Waals surface area contributed by atoms with Crippen molar-refractivity contribution >= 4 is 28.9 Å². The molecular formula is C30H33N3O2S. The van der Waals surface area contributed by atoms with Crippen molar-refractivity contribution < 1.29 is 9.53 Å². The minimum atomic E-state index is 0.106. The predicted molar refractivity (Wildman–Crippen MR) is 146 cm³/mol. The number of benzene rings is 2. The van der Waals surface area contributed by atoms with Gasteiger partial charge in [-0.25, -0.2) is 0 Å². The van der Waals surface area contributed by atoms with E-state index in [-0.39, 0.29) is 11.9 Å². The number of nitrogens with zero attached hydrogens (tertiary/aromatic N) is 3. The fraction of sp³-hybridized carbons (Fsp3) is 0.433. The molecule has 0 spiro atoms. The van der Waals surface area contributed by atoms with E-state index in [1.54, 1.807) is 17.8 Å². The smallest absolute Gasteiger partial charge is 0.266 e. The molecule has 1 aliphatic heterocycles. The lowest BCUT2D eigenvalue weighted by Crippen LogP contribution is -2.41. The zero-order valence-corrected chi connectivity index (χ0v) is 21.5. The second-order valence-electron chi connectivity index (χ2n) is 9.91. The van der Waals surface area contributed by atoms with Gasteiger partial charge in [0.05, 0.1) is 22.6 Å². The molecular weight excluding hydrogens is 466 g/mol. The van der Waals surface area contributed by atoms with E-state index >= 15 is 0 Å². The fourth-order valence-corrected chi connectivity index (χ4v) is 6.44. The summed E-state index contributed by atoms with van der Waals surface area (Å²) in [5.74, 6) is 0.841. The molecule has 5 nitrogen and oxygen atoms in total. The maximum atomic E-state index is 13.6. The number of ether oxygens (including phenoxy) is 1. The Morgan fingerprint density at radius 1 is 0.972 bits per heavy atom. The van der Waals surface area contributed by atoms with E-state index in [9.17, 15) is 10.1 Å². The van der Waals surface area contributed by atoms with Crippen LogP contribution in [0.25, 0.3) is 6.08 Å². The molecule has 2 aromatic carbocycles. The lowest BCUT2D eigenvalue weighted by molar-refractivity contribution is -0.124. The highest BCUT2D eigenvalue weighted by Crippen LogP contribution is 2.38. The number of amides is 1. The van der Waals surface area contributed by atoms with Crippen molar-refractivity contribution in [1.29, 1.82) is 5.26 Å². The topological polar surface area (TPSA) is 65.7 Å². The minimum Gasteiger partial charge on any atom is -0.489 e. The van der Waals surface area contributed by atoms with Crippen LogP contribution in [-0.4, -0.2) is 28.1 Å². The molecule has 0 bridgehead atoms. The summed E-state index contributed by atoms with van der Waals surface area (Å²) < 4.78 is 5.91. The van der Waals surface area contributed by atoms with Crippen LogP contribution in [0.1, 0.15) is 80.9 Å². The van der Waals surface area contributed by atoms with Crippen molar-refractivity contribution in [2.75, 3.05) is 0 Å². The van der Waals surface area contributed by atoms with Gasteiger partial charge in [0, 0.05) is 11.6 Å². The van der Waals surface area contributed by atoms with Crippen LogP contribution >= 0.6 is 11.8 Å². The SMILES string of the molecule is N#Cc1ccccc1COc1ccc(C=C2SC(=NC3CCCCC3)N(C3CCCCC3)C2=O)cc1. The minimum absolute atomic E-state index is 0.106. The molecule has 0 radical (unpaired) electrons. The maximum absolute atomic E-state index is 13.6. The van der Waals surface area contributed by atoms with Crippen molar-refractivity contribution in [3.8, 4) is 11.8 Å². The van der Waals surface area contributed by atoms with Crippen molar-refractivity contribution in [3.63, 3.8) is 0 Å². The highest BCUT2D eigenvalue weighted by atomic mass is 32.2. The number of amidine groups is 1. The second-order valence-corrected chi connectivity index (χ2v) is 10.9. The lowest BCUT2D eigenvalue weighted by atomic mass is 9.94. The Kier molecular flexibility index (Phi) is 8.08. The van der Waals surface area contributed by atoms with E-state index in [4.69, 9.17) is 9.73 Å². The van der Waals surface area contributed by atoms with Crippen LogP contribution in [0.5, 0.6) is 5.75 Å². The number of hydrogen-bond donors (Lipinski definition) is 0. The van der Waals surface area contributed by atoms with Crippen LogP contribution < -0.4 is 4.74 Å². The first-order valence-electron chi connectivity index (χ1n) is 13.2. The van der Waals surface area contributed by atoms with Gasteiger partial charge in [0.2, 0.25) is 0 Å². The lowest BCUT2D eigenvalue weighted by Gasteiger charge is -2.31. The monoisotopic (exact) mass is 499 g/mol. The Morgan fingerprint density at radius 2 is 1.67 bits per heavy atom. The van der Waals surface area contributed by atoms with E-state index < -0.39 is 0 Å². The molecule has 36 heavy (non-hydrogen) atoms. The molecule has 0 N–H and O–H groups in total. The van der Waals surface area contributed by atoms with Gasteiger partial charge in [-0.2, -0.15) is 5.26 Å². The van der Waals surface area contributed by atoms with Crippen LogP contribution in [0, 0.1) is 11.3 Å². The molecule has 6 heteroatoms. The van der Waals surface area contributed by atoms with Crippen molar-refractivity contribution in [2.24, 2.45) is 4.99 Å². The fourth-order valence-electron chi connectivity index (χ4n) is 5.33. The normalized spacial score (nSPS) is 21.8. The molecule has 1 heterocycles. The zero-order chi connectivity index (χ0) is 24.7. The van der Waals surface area contributed by atoms with Crippen LogP contribution in [0.15, 0.2) is 58.4 Å². The Hall–Kier alpha value is -3.04. The molecule has 186 valence electrons. The highest BCUT2D eigenvalue weighted by molar-refractivity contribution is 8.18. The summed E-state index contributed by atoms with van der Waals surface area (Å²) in [6, 6.07) is 18.1. The number of nitriles is 1. The summed E-state index contributed by atoms with van der Waals surface area (Å²) in [6.45, 7) is 0.343. The van der Waals surface area contributed by atoms with Crippen molar-refractivity contribution in [3.05, 3.63) is 70.1 Å². The highest BCUT2D eigenvalue weighted by Gasteiger charge is 2.39. The Bertz CT molecular complexity index is 1170. The Labute approximate surface area is 218 Å². The molecule has 3 aliphatic rings. The third-order valence-electron chi connectivity index (χ3n) is 7.35. The van der Waals surface area contributed by atoms with Gasteiger partial charge >= 0.3 is 0 Å². The molecule has 2 aromatic rings. The number of hydrogen-bond acceptors (Lipinski definition) is 5. The number of thioether (sulfide) groups is 1.